The third kappa shape index (κ3) is 3.24. The summed E-state index contributed by atoms with van der Waals surface area (Å²) < 4.78 is 96.5. The molecule has 35 heavy (non-hydrogen) atoms. The number of halogens is 5. The topological polar surface area (TPSA) is 63.6 Å². The molecule has 4 aliphatic rings. The van der Waals surface area contributed by atoms with Gasteiger partial charge in [0.15, 0.2) is 0 Å². The Morgan fingerprint density at radius 2 is 1.49 bits per heavy atom. The number of phenols is 1. The zero-order valence-electron chi connectivity index (χ0n) is 18.5. The zero-order chi connectivity index (χ0) is 24.9. The molecular formula is C25H23F5O4S. The molecule has 0 heterocycles. The monoisotopic (exact) mass is 514 g/mol. The van der Waals surface area contributed by atoms with Crippen LogP contribution < -0.4 is 4.18 Å². The van der Waals surface area contributed by atoms with Gasteiger partial charge in [0.25, 0.3) is 0 Å². The molecule has 4 aliphatic carbocycles. The molecule has 0 saturated heterocycles. The molecule has 0 amide bonds. The lowest BCUT2D eigenvalue weighted by Gasteiger charge is -2.27. The number of hydrogen-bond donors (Lipinski definition) is 1. The van der Waals surface area contributed by atoms with Gasteiger partial charge < -0.3 is 9.29 Å². The minimum atomic E-state index is -5.98. The summed E-state index contributed by atoms with van der Waals surface area (Å²) in [6, 6.07) is 5.81. The number of benzene rings is 2. The van der Waals surface area contributed by atoms with Crippen molar-refractivity contribution in [3.8, 4) is 22.6 Å². The minimum absolute atomic E-state index is 0.00266. The molecule has 2 saturated carbocycles. The van der Waals surface area contributed by atoms with Gasteiger partial charge in [-0.15, -0.1) is 0 Å². The van der Waals surface area contributed by atoms with E-state index in [2.05, 4.69) is 4.18 Å². The maximum atomic E-state index is 14.9. The normalized spacial score (nSPS) is 28.5. The molecule has 4 atom stereocenters. The van der Waals surface area contributed by atoms with Crippen LogP contribution in [-0.4, -0.2) is 31.4 Å². The molecule has 4 unspecified atom stereocenters. The van der Waals surface area contributed by atoms with Crippen LogP contribution in [-0.2, 0) is 23.0 Å². The summed E-state index contributed by atoms with van der Waals surface area (Å²) in [6.45, 7) is 0. The van der Waals surface area contributed by atoms with Crippen LogP contribution in [0.2, 0.25) is 0 Å². The van der Waals surface area contributed by atoms with Gasteiger partial charge >= 0.3 is 15.6 Å². The molecule has 2 fully saturated rings. The van der Waals surface area contributed by atoms with Crippen LogP contribution in [0.1, 0.15) is 66.2 Å². The Morgan fingerprint density at radius 1 is 0.886 bits per heavy atom. The van der Waals surface area contributed by atoms with Crippen molar-refractivity contribution in [2.24, 2.45) is 5.41 Å². The lowest BCUT2D eigenvalue weighted by atomic mass is 9.81. The number of fused-ring (bicyclic) bond motifs is 6. The van der Waals surface area contributed by atoms with Crippen molar-refractivity contribution >= 4 is 10.1 Å². The summed E-state index contributed by atoms with van der Waals surface area (Å²) in [5.74, 6) is -2.43. The van der Waals surface area contributed by atoms with Crippen molar-refractivity contribution < 1.29 is 39.7 Å². The first kappa shape index (κ1) is 23.1. The highest BCUT2D eigenvalue weighted by atomic mass is 32.2. The lowest BCUT2D eigenvalue weighted by molar-refractivity contribution is -0.0500. The quantitative estimate of drug-likeness (QED) is 0.301. The van der Waals surface area contributed by atoms with Crippen molar-refractivity contribution in [2.45, 2.75) is 74.6 Å². The zero-order valence-corrected chi connectivity index (χ0v) is 19.4. The Labute approximate surface area is 199 Å². The van der Waals surface area contributed by atoms with E-state index in [0.29, 0.717) is 11.1 Å². The largest absolute Gasteiger partial charge is 0.534 e. The fraction of sp³-hybridized carbons (Fsp3) is 0.520. The van der Waals surface area contributed by atoms with E-state index >= 15 is 0 Å². The van der Waals surface area contributed by atoms with Crippen molar-refractivity contribution in [1.82, 2.24) is 0 Å². The second-order valence-electron chi connectivity index (χ2n) is 10.4. The highest BCUT2D eigenvalue weighted by Crippen LogP contribution is 2.62. The Kier molecular flexibility index (Phi) is 4.83. The first-order valence-electron chi connectivity index (χ1n) is 11.7. The van der Waals surface area contributed by atoms with E-state index in [0.717, 1.165) is 61.3 Å². The fourth-order valence-electron chi connectivity index (χ4n) is 7.03. The molecule has 4 nitrogen and oxygen atoms in total. The van der Waals surface area contributed by atoms with Crippen molar-refractivity contribution in [3.05, 3.63) is 46.5 Å². The average molecular weight is 515 g/mol. The van der Waals surface area contributed by atoms with E-state index in [1.165, 1.54) is 6.07 Å². The second kappa shape index (κ2) is 7.33. The van der Waals surface area contributed by atoms with Gasteiger partial charge in [-0.3, -0.25) is 0 Å². The first-order valence-corrected chi connectivity index (χ1v) is 13.1. The van der Waals surface area contributed by atoms with Gasteiger partial charge in [-0.2, -0.15) is 21.6 Å². The highest BCUT2D eigenvalue weighted by molar-refractivity contribution is 7.88. The molecule has 2 bridgehead atoms. The van der Waals surface area contributed by atoms with Crippen LogP contribution in [0, 0.1) is 5.41 Å². The summed E-state index contributed by atoms with van der Waals surface area (Å²) in [5, 5.41) is 10.6. The molecule has 0 aromatic heterocycles. The Bertz CT molecular complexity index is 1330. The van der Waals surface area contributed by atoms with Gasteiger partial charge in [0.05, 0.1) is 0 Å². The van der Waals surface area contributed by atoms with E-state index in [1.54, 1.807) is 12.1 Å². The van der Waals surface area contributed by atoms with Crippen LogP contribution in [0.3, 0.4) is 0 Å². The maximum absolute atomic E-state index is 14.9. The van der Waals surface area contributed by atoms with E-state index in [9.17, 15) is 35.5 Å². The molecule has 188 valence electrons. The van der Waals surface area contributed by atoms with Gasteiger partial charge in [0, 0.05) is 17.4 Å². The van der Waals surface area contributed by atoms with Gasteiger partial charge in [0.2, 0.25) is 0 Å². The van der Waals surface area contributed by atoms with E-state index in [1.807, 2.05) is 0 Å². The molecule has 2 aromatic rings. The van der Waals surface area contributed by atoms with Gasteiger partial charge in [-0.1, -0.05) is 25.0 Å². The predicted molar refractivity (Wildman–Crippen MR) is 117 cm³/mol. The SMILES string of the molecule is O=S(=O)(Oc1ccc(-c2ccc(O)c3c2CC2(CCCC2)C3)c2c1C1CC2C(F)C1F)C(F)(F)F. The number of phenolic OH excluding ortho intramolecular Hbond substituents is 1. The van der Waals surface area contributed by atoms with Crippen LogP contribution in [0.5, 0.6) is 11.5 Å². The van der Waals surface area contributed by atoms with E-state index in [4.69, 9.17) is 0 Å². The predicted octanol–water partition coefficient (Wildman–Crippen LogP) is 6.21. The number of rotatable bonds is 3. The Hall–Kier alpha value is -2.36. The molecule has 2 aromatic carbocycles. The van der Waals surface area contributed by atoms with Crippen LogP contribution >= 0.6 is 0 Å². The average Bonchev–Trinajstić information content (AvgIpc) is 3.54. The van der Waals surface area contributed by atoms with Crippen molar-refractivity contribution in [1.29, 1.82) is 0 Å². The van der Waals surface area contributed by atoms with Crippen LogP contribution in [0.25, 0.3) is 11.1 Å². The summed E-state index contributed by atoms with van der Waals surface area (Å²) in [5.41, 5.74) is -2.30. The molecule has 0 aliphatic heterocycles. The lowest BCUT2D eigenvalue weighted by Crippen LogP contribution is -2.30. The molecule has 0 radical (unpaired) electrons. The van der Waals surface area contributed by atoms with Gasteiger partial charge in [-0.05, 0) is 77.5 Å². The Morgan fingerprint density at radius 3 is 2.14 bits per heavy atom. The van der Waals surface area contributed by atoms with Gasteiger partial charge in [-0.25, -0.2) is 8.78 Å². The Balaban J connectivity index is 1.52. The summed E-state index contributed by atoms with van der Waals surface area (Å²) >= 11 is 0. The van der Waals surface area contributed by atoms with E-state index in [-0.39, 0.29) is 23.1 Å². The smallest absolute Gasteiger partial charge is 0.508 e. The molecule has 1 spiro atoms. The number of hydrogen-bond acceptors (Lipinski definition) is 4. The summed E-state index contributed by atoms with van der Waals surface area (Å²) in [4.78, 5) is 0. The highest BCUT2D eigenvalue weighted by Gasteiger charge is 2.56. The minimum Gasteiger partial charge on any atom is -0.508 e. The summed E-state index contributed by atoms with van der Waals surface area (Å²) in [7, 11) is -5.98. The van der Waals surface area contributed by atoms with E-state index < -0.39 is 45.6 Å². The maximum Gasteiger partial charge on any atom is 0.534 e. The summed E-state index contributed by atoms with van der Waals surface area (Å²) in [6.07, 6.45) is 1.94. The van der Waals surface area contributed by atoms with Crippen molar-refractivity contribution in [2.75, 3.05) is 0 Å². The van der Waals surface area contributed by atoms with Crippen LogP contribution in [0.15, 0.2) is 24.3 Å². The van der Waals surface area contributed by atoms with Crippen molar-refractivity contribution in [3.63, 3.8) is 0 Å². The van der Waals surface area contributed by atoms with Gasteiger partial charge in [0.1, 0.15) is 23.8 Å². The molecule has 6 rings (SSSR count). The first-order chi connectivity index (χ1) is 16.4. The third-order valence-electron chi connectivity index (χ3n) is 8.52. The van der Waals surface area contributed by atoms with Crippen LogP contribution in [0.4, 0.5) is 22.0 Å². The number of alkyl halides is 5. The molecule has 10 heteroatoms. The third-order valence-corrected chi connectivity index (χ3v) is 9.48. The number of aromatic hydroxyl groups is 1. The fourth-order valence-corrected chi connectivity index (χ4v) is 7.50. The molecular weight excluding hydrogens is 491 g/mol. The standard InChI is InChI=1S/C25H23F5O4S/c26-22-14-9-15(23(22)27)21-19(34-35(32,33)25(28,29)30)6-4-13(20(14)21)12-3-5-18(31)17-11-24(10-16(12)17)7-1-2-8-24/h3-6,14-15,22-23,31H,1-2,7-11H2. The second-order valence-corrected chi connectivity index (χ2v) is 11.9. The molecule has 1 N–H and O–H groups in total.